The molecule has 3 amide bonds. The largest absolute Gasteiger partial charge is 0.372 e. The number of hydrogen-bond donors (Lipinski definition) is 2. The van der Waals surface area contributed by atoms with E-state index in [4.69, 9.17) is 4.74 Å². The minimum atomic E-state index is -0.147. The number of urea groups is 1. The van der Waals surface area contributed by atoms with Gasteiger partial charge in [0, 0.05) is 30.4 Å². The van der Waals surface area contributed by atoms with Gasteiger partial charge in [0.05, 0.1) is 12.2 Å². The van der Waals surface area contributed by atoms with Gasteiger partial charge in [0.2, 0.25) is 0 Å². The summed E-state index contributed by atoms with van der Waals surface area (Å²) in [6, 6.07) is 6.83. The van der Waals surface area contributed by atoms with Gasteiger partial charge in [-0.15, -0.1) is 0 Å². The standard InChI is InChI=1S/C17H25N3O3/c1-11(2)18-16(21)14-5-7-15(8-6-14)19-17(22)20-9-12(3)23-13(4)10-20/h5-8,11-13H,9-10H2,1-4H3,(H,18,21)(H,19,22). The topological polar surface area (TPSA) is 70.7 Å². The third-order valence-corrected chi connectivity index (χ3v) is 3.52. The summed E-state index contributed by atoms with van der Waals surface area (Å²) in [6.07, 6.45) is 0.0678. The van der Waals surface area contributed by atoms with Crippen LogP contribution in [0, 0.1) is 0 Å². The van der Waals surface area contributed by atoms with Gasteiger partial charge in [-0.3, -0.25) is 4.79 Å². The molecule has 0 radical (unpaired) electrons. The van der Waals surface area contributed by atoms with E-state index < -0.39 is 0 Å². The molecule has 0 spiro atoms. The second-order valence-electron chi connectivity index (χ2n) is 6.30. The van der Waals surface area contributed by atoms with Crippen LogP contribution in [-0.2, 0) is 4.74 Å². The van der Waals surface area contributed by atoms with E-state index in [9.17, 15) is 9.59 Å². The normalized spacial score (nSPS) is 21.2. The summed E-state index contributed by atoms with van der Waals surface area (Å²) in [7, 11) is 0. The van der Waals surface area contributed by atoms with Gasteiger partial charge in [0.1, 0.15) is 0 Å². The number of nitrogens with one attached hydrogen (secondary N) is 2. The van der Waals surface area contributed by atoms with Crippen LogP contribution < -0.4 is 10.6 Å². The highest BCUT2D eigenvalue weighted by atomic mass is 16.5. The summed E-state index contributed by atoms with van der Waals surface area (Å²) < 4.78 is 5.62. The predicted molar refractivity (Wildman–Crippen MR) is 89.6 cm³/mol. The van der Waals surface area contributed by atoms with Crippen LogP contribution in [0.1, 0.15) is 38.1 Å². The lowest BCUT2D eigenvalue weighted by Crippen LogP contribution is -2.49. The number of benzene rings is 1. The summed E-state index contributed by atoms with van der Waals surface area (Å²) in [5, 5.41) is 5.69. The summed E-state index contributed by atoms with van der Waals surface area (Å²) in [5.74, 6) is -0.117. The Kier molecular flexibility index (Phi) is 5.60. The first kappa shape index (κ1) is 17.3. The fraction of sp³-hybridized carbons (Fsp3) is 0.529. The van der Waals surface area contributed by atoms with Crippen molar-refractivity contribution in [3.8, 4) is 0 Å². The van der Waals surface area contributed by atoms with E-state index in [0.29, 0.717) is 24.3 Å². The zero-order valence-corrected chi connectivity index (χ0v) is 14.1. The Morgan fingerprint density at radius 2 is 1.70 bits per heavy atom. The van der Waals surface area contributed by atoms with Crippen molar-refractivity contribution in [2.45, 2.75) is 45.9 Å². The van der Waals surface area contributed by atoms with E-state index in [1.807, 2.05) is 27.7 Å². The highest BCUT2D eigenvalue weighted by Crippen LogP contribution is 2.14. The molecule has 0 saturated carbocycles. The number of carbonyl (C=O) groups is 2. The average Bonchev–Trinajstić information content (AvgIpc) is 2.46. The molecule has 2 N–H and O–H groups in total. The summed E-state index contributed by atoms with van der Waals surface area (Å²) in [5.41, 5.74) is 1.24. The molecule has 1 fully saturated rings. The number of morpholine rings is 1. The SMILES string of the molecule is CC(C)NC(=O)c1ccc(NC(=O)N2CC(C)OC(C)C2)cc1. The first-order valence-electron chi connectivity index (χ1n) is 7.97. The van der Waals surface area contributed by atoms with Crippen LogP contribution >= 0.6 is 0 Å². The van der Waals surface area contributed by atoms with Gasteiger partial charge in [-0.1, -0.05) is 0 Å². The van der Waals surface area contributed by atoms with Crippen molar-refractivity contribution in [3.05, 3.63) is 29.8 Å². The molecule has 1 aromatic rings. The van der Waals surface area contributed by atoms with Crippen LogP contribution in [0.25, 0.3) is 0 Å². The van der Waals surface area contributed by atoms with Gasteiger partial charge >= 0.3 is 6.03 Å². The lowest BCUT2D eigenvalue weighted by atomic mass is 10.2. The average molecular weight is 319 g/mol. The minimum Gasteiger partial charge on any atom is -0.372 e. The Morgan fingerprint density at radius 3 is 2.22 bits per heavy atom. The maximum Gasteiger partial charge on any atom is 0.322 e. The van der Waals surface area contributed by atoms with Crippen LogP contribution in [0.5, 0.6) is 0 Å². The number of ether oxygens (including phenoxy) is 1. The number of anilines is 1. The molecule has 1 aliphatic heterocycles. The maximum absolute atomic E-state index is 12.3. The highest BCUT2D eigenvalue weighted by molar-refractivity contribution is 5.95. The molecule has 0 aliphatic carbocycles. The molecule has 2 atom stereocenters. The molecule has 126 valence electrons. The summed E-state index contributed by atoms with van der Waals surface area (Å²) in [6.45, 7) is 8.89. The van der Waals surface area contributed by atoms with Gasteiger partial charge in [0.15, 0.2) is 0 Å². The van der Waals surface area contributed by atoms with Gasteiger partial charge < -0.3 is 20.3 Å². The zero-order chi connectivity index (χ0) is 17.0. The fourth-order valence-electron chi connectivity index (χ4n) is 2.60. The van der Waals surface area contributed by atoms with Crippen LogP contribution in [-0.4, -0.2) is 48.2 Å². The van der Waals surface area contributed by atoms with Crippen LogP contribution in [0.4, 0.5) is 10.5 Å². The van der Waals surface area contributed by atoms with Crippen molar-refractivity contribution in [2.24, 2.45) is 0 Å². The predicted octanol–water partition coefficient (Wildman–Crippen LogP) is 2.47. The Bertz CT molecular complexity index is 547. The molecule has 0 bridgehead atoms. The Morgan fingerprint density at radius 1 is 1.13 bits per heavy atom. The van der Waals surface area contributed by atoms with Gasteiger partial charge in [0.25, 0.3) is 5.91 Å². The van der Waals surface area contributed by atoms with Crippen molar-refractivity contribution >= 4 is 17.6 Å². The molecule has 1 aromatic carbocycles. The number of carbonyl (C=O) groups excluding carboxylic acids is 2. The number of nitrogens with zero attached hydrogens (tertiary/aromatic N) is 1. The number of rotatable bonds is 3. The first-order valence-corrected chi connectivity index (χ1v) is 7.97. The fourth-order valence-corrected chi connectivity index (χ4v) is 2.60. The Hall–Kier alpha value is -2.08. The van der Waals surface area contributed by atoms with Crippen molar-refractivity contribution < 1.29 is 14.3 Å². The van der Waals surface area contributed by atoms with E-state index >= 15 is 0 Å². The van der Waals surface area contributed by atoms with Crippen LogP contribution in [0.3, 0.4) is 0 Å². The number of hydrogen-bond acceptors (Lipinski definition) is 3. The maximum atomic E-state index is 12.3. The molecule has 2 rings (SSSR count). The van der Waals surface area contributed by atoms with E-state index in [1.54, 1.807) is 29.2 Å². The van der Waals surface area contributed by atoms with E-state index in [2.05, 4.69) is 10.6 Å². The lowest BCUT2D eigenvalue weighted by Gasteiger charge is -2.35. The third-order valence-electron chi connectivity index (χ3n) is 3.52. The molecule has 6 heteroatoms. The van der Waals surface area contributed by atoms with Crippen molar-refractivity contribution in [1.82, 2.24) is 10.2 Å². The molecule has 1 aliphatic rings. The summed E-state index contributed by atoms with van der Waals surface area (Å²) >= 11 is 0. The van der Waals surface area contributed by atoms with Crippen molar-refractivity contribution in [2.75, 3.05) is 18.4 Å². The zero-order valence-electron chi connectivity index (χ0n) is 14.1. The molecule has 23 heavy (non-hydrogen) atoms. The first-order chi connectivity index (χ1) is 10.8. The van der Waals surface area contributed by atoms with Gasteiger partial charge in [-0.2, -0.15) is 0 Å². The Labute approximate surface area is 137 Å². The molecule has 6 nitrogen and oxygen atoms in total. The van der Waals surface area contributed by atoms with E-state index in [-0.39, 0.29) is 30.2 Å². The van der Waals surface area contributed by atoms with Crippen molar-refractivity contribution in [1.29, 1.82) is 0 Å². The molecule has 2 unspecified atom stereocenters. The monoisotopic (exact) mass is 319 g/mol. The van der Waals surface area contributed by atoms with Crippen LogP contribution in [0.15, 0.2) is 24.3 Å². The minimum absolute atomic E-state index is 0.0339. The van der Waals surface area contributed by atoms with Gasteiger partial charge in [-0.25, -0.2) is 4.79 Å². The summed E-state index contributed by atoms with van der Waals surface area (Å²) in [4.78, 5) is 25.9. The smallest absolute Gasteiger partial charge is 0.322 e. The molecule has 1 heterocycles. The highest BCUT2D eigenvalue weighted by Gasteiger charge is 2.25. The molecule has 1 saturated heterocycles. The third kappa shape index (κ3) is 4.96. The van der Waals surface area contributed by atoms with Gasteiger partial charge in [-0.05, 0) is 52.0 Å². The van der Waals surface area contributed by atoms with E-state index in [0.717, 1.165) is 0 Å². The second kappa shape index (κ2) is 7.46. The Balaban J connectivity index is 1.95. The van der Waals surface area contributed by atoms with Crippen molar-refractivity contribution in [3.63, 3.8) is 0 Å². The lowest BCUT2D eigenvalue weighted by molar-refractivity contribution is -0.0530. The molecular weight excluding hydrogens is 294 g/mol. The van der Waals surface area contributed by atoms with Crippen LogP contribution in [0.2, 0.25) is 0 Å². The quantitative estimate of drug-likeness (QED) is 0.899. The van der Waals surface area contributed by atoms with E-state index in [1.165, 1.54) is 0 Å². The second-order valence-corrected chi connectivity index (χ2v) is 6.30. The molecule has 0 aromatic heterocycles. The molecular formula is C17H25N3O3. The number of amides is 3.